The summed E-state index contributed by atoms with van der Waals surface area (Å²) in [4.78, 5) is 23.6. The van der Waals surface area contributed by atoms with Crippen molar-refractivity contribution in [1.82, 2.24) is 5.32 Å². The van der Waals surface area contributed by atoms with E-state index in [0.717, 1.165) is 57.8 Å². The lowest BCUT2D eigenvalue weighted by molar-refractivity contribution is -0.143. The number of rotatable bonds is 3. The molecule has 2 aliphatic rings. The molecule has 0 radical (unpaired) electrons. The Hall–Kier alpha value is -1.06. The van der Waals surface area contributed by atoms with Crippen LogP contribution in [0.2, 0.25) is 0 Å². The van der Waals surface area contributed by atoms with Gasteiger partial charge in [-0.3, -0.25) is 9.59 Å². The van der Waals surface area contributed by atoms with Gasteiger partial charge < -0.3 is 10.4 Å². The minimum absolute atomic E-state index is 0.0920. The summed E-state index contributed by atoms with van der Waals surface area (Å²) in [5.41, 5.74) is 0. The fourth-order valence-corrected chi connectivity index (χ4v) is 3.44. The molecule has 2 unspecified atom stereocenters. The van der Waals surface area contributed by atoms with Crippen LogP contribution in [0.1, 0.15) is 64.2 Å². The van der Waals surface area contributed by atoms with Gasteiger partial charge >= 0.3 is 5.97 Å². The molecule has 0 spiro atoms. The van der Waals surface area contributed by atoms with Gasteiger partial charge in [0, 0.05) is 12.0 Å². The van der Waals surface area contributed by atoms with E-state index in [4.69, 9.17) is 0 Å². The Balaban J connectivity index is 1.95. The fraction of sp³-hybridized carbons (Fsp3) is 0.867. The number of carbonyl (C=O) groups excluding carboxylic acids is 1. The molecule has 2 aliphatic carbocycles. The van der Waals surface area contributed by atoms with Crippen LogP contribution in [-0.4, -0.2) is 23.0 Å². The first-order valence-electron chi connectivity index (χ1n) is 7.71. The molecule has 2 rings (SSSR count). The molecule has 2 N–H and O–H groups in total. The zero-order valence-corrected chi connectivity index (χ0v) is 11.6. The molecule has 0 aromatic heterocycles. The summed E-state index contributed by atoms with van der Waals surface area (Å²) in [5.74, 6) is -0.932. The Labute approximate surface area is 115 Å². The smallest absolute Gasteiger partial charge is 0.308 e. The number of aliphatic carboxylic acids is 1. The summed E-state index contributed by atoms with van der Waals surface area (Å²) >= 11 is 0. The van der Waals surface area contributed by atoms with Crippen molar-refractivity contribution in [1.29, 1.82) is 0 Å². The molecule has 4 heteroatoms. The molecule has 0 saturated heterocycles. The third-order valence-corrected chi connectivity index (χ3v) is 4.64. The molecule has 0 aromatic carbocycles. The summed E-state index contributed by atoms with van der Waals surface area (Å²) < 4.78 is 0. The quantitative estimate of drug-likeness (QED) is 0.826. The van der Waals surface area contributed by atoms with Gasteiger partial charge in [-0.05, 0) is 25.7 Å². The normalized spacial score (nSPS) is 29.5. The highest BCUT2D eigenvalue weighted by atomic mass is 16.4. The first kappa shape index (κ1) is 14.4. The van der Waals surface area contributed by atoms with Crippen LogP contribution in [0.15, 0.2) is 0 Å². The van der Waals surface area contributed by atoms with Gasteiger partial charge in [0.2, 0.25) is 5.91 Å². The van der Waals surface area contributed by atoms with Gasteiger partial charge in [-0.1, -0.05) is 38.5 Å². The van der Waals surface area contributed by atoms with Crippen molar-refractivity contribution in [2.24, 2.45) is 11.8 Å². The van der Waals surface area contributed by atoms with Gasteiger partial charge in [0.15, 0.2) is 0 Å². The summed E-state index contributed by atoms with van der Waals surface area (Å²) in [6.45, 7) is 0. The molecule has 0 aliphatic heterocycles. The second-order valence-corrected chi connectivity index (χ2v) is 6.03. The molecule has 2 saturated carbocycles. The number of hydrogen-bond acceptors (Lipinski definition) is 2. The third-order valence-electron chi connectivity index (χ3n) is 4.64. The lowest BCUT2D eigenvalue weighted by atomic mass is 9.86. The van der Waals surface area contributed by atoms with Crippen LogP contribution in [-0.2, 0) is 9.59 Å². The van der Waals surface area contributed by atoms with Gasteiger partial charge in [-0.25, -0.2) is 0 Å². The first-order valence-corrected chi connectivity index (χ1v) is 7.71. The molecule has 4 nitrogen and oxygen atoms in total. The van der Waals surface area contributed by atoms with Crippen molar-refractivity contribution in [2.75, 3.05) is 0 Å². The SMILES string of the molecule is O=C(NC1CCCCCCC1C(=O)O)C1CCCC1. The van der Waals surface area contributed by atoms with Crippen LogP contribution in [0.5, 0.6) is 0 Å². The van der Waals surface area contributed by atoms with Crippen molar-refractivity contribution >= 4 is 11.9 Å². The van der Waals surface area contributed by atoms with E-state index in [9.17, 15) is 14.7 Å². The minimum atomic E-state index is -0.751. The molecule has 0 heterocycles. The third kappa shape index (κ3) is 3.95. The van der Waals surface area contributed by atoms with E-state index < -0.39 is 11.9 Å². The Morgan fingerprint density at radius 2 is 1.42 bits per heavy atom. The molecule has 0 aromatic rings. The van der Waals surface area contributed by atoms with Crippen molar-refractivity contribution in [3.05, 3.63) is 0 Å². The Morgan fingerprint density at radius 3 is 2.05 bits per heavy atom. The van der Waals surface area contributed by atoms with Crippen LogP contribution >= 0.6 is 0 Å². The second kappa shape index (κ2) is 6.92. The number of carboxylic acid groups (broad SMARTS) is 1. The standard InChI is InChI=1S/C15H25NO3/c17-14(11-7-5-6-8-11)16-13-10-4-2-1-3-9-12(13)15(18)19/h11-13H,1-10H2,(H,16,17)(H,18,19). The predicted molar refractivity (Wildman–Crippen MR) is 72.7 cm³/mol. The van der Waals surface area contributed by atoms with Crippen molar-refractivity contribution in [3.63, 3.8) is 0 Å². The molecule has 1 amide bonds. The highest BCUT2D eigenvalue weighted by Gasteiger charge is 2.32. The molecular formula is C15H25NO3. The van der Waals surface area contributed by atoms with Crippen LogP contribution in [0.4, 0.5) is 0 Å². The van der Waals surface area contributed by atoms with Gasteiger partial charge in [0.1, 0.15) is 0 Å². The minimum Gasteiger partial charge on any atom is -0.481 e. The average molecular weight is 267 g/mol. The van der Waals surface area contributed by atoms with E-state index >= 15 is 0 Å². The lowest BCUT2D eigenvalue weighted by Crippen LogP contribution is -2.45. The monoisotopic (exact) mass is 267 g/mol. The topological polar surface area (TPSA) is 66.4 Å². The largest absolute Gasteiger partial charge is 0.481 e. The maximum atomic E-state index is 12.2. The first-order chi connectivity index (χ1) is 9.18. The highest BCUT2D eigenvalue weighted by Crippen LogP contribution is 2.27. The fourth-order valence-electron chi connectivity index (χ4n) is 3.44. The zero-order valence-electron chi connectivity index (χ0n) is 11.6. The van der Waals surface area contributed by atoms with Gasteiger partial charge in [0.05, 0.1) is 5.92 Å². The summed E-state index contributed by atoms with van der Waals surface area (Å²) in [6, 6.07) is -0.161. The number of carbonyl (C=O) groups is 2. The summed E-state index contributed by atoms with van der Waals surface area (Å²) in [6.07, 6.45) is 9.98. The van der Waals surface area contributed by atoms with Crippen LogP contribution in [0, 0.1) is 11.8 Å². The average Bonchev–Trinajstić information content (AvgIpc) is 2.85. The number of hydrogen-bond donors (Lipinski definition) is 2. The van der Waals surface area contributed by atoms with Crippen molar-refractivity contribution in [2.45, 2.75) is 70.3 Å². The van der Waals surface area contributed by atoms with E-state index in [0.29, 0.717) is 6.42 Å². The lowest BCUT2D eigenvalue weighted by Gasteiger charge is -2.28. The van der Waals surface area contributed by atoms with Crippen LogP contribution in [0.3, 0.4) is 0 Å². The Kier molecular flexibility index (Phi) is 5.23. The molecule has 108 valence electrons. The maximum absolute atomic E-state index is 12.2. The number of carboxylic acids is 1. The van der Waals surface area contributed by atoms with Crippen molar-refractivity contribution < 1.29 is 14.7 Å². The number of amides is 1. The second-order valence-electron chi connectivity index (χ2n) is 6.03. The molecule has 2 atom stereocenters. The maximum Gasteiger partial charge on any atom is 0.308 e. The summed E-state index contributed by atoms with van der Waals surface area (Å²) in [5, 5.41) is 12.4. The van der Waals surface area contributed by atoms with Gasteiger partial charge in [0.25, 0.3) is 0 Å². The van der Waals surface area contributed by atoms with Crippen LogP contribution in [0.25, 0.3) is 0 Å². The molecule has 0 bridgehead atoms. The van der Waals surface area contributed by atoms with Crippen molar-refractivity contribution in [3.8, 4) is 0 Å². The van der Waals surface area contributed by atoms with E-state index in [1.807, 2.05) is 0 Å². The Bertz CT molecular complexity index is 323. The Morgan fingerprint density at radius 1 is 0.842 bits per heavy atom. The summed E-state index contributed by atoms with van der Waals surface area (Å²) in [7, 11) is 0. The van der Waals surface area contributed by atoms with E-state index in [1.54, 1.807) is 0 Å². The van der Waals surface area contributed by atoms with Gasteiger partial charge in [-0.15, -0.1) is 0 Å². The van der Waals surface area contributed by atoms with E-state index in [1.165, 1.54) is 0 Å². The van der Waals surface area contributed by atoms with Crippen LogP contribution < -0.4 is 5.32 Å². The molecule has 2 fully saturated rings. The molecule has 19 heavy (non-hydrogen) atoms. The van der Waals surface area contributed by atoms with E-state index in [-0.39, 0.29) is 17.9 Å². The zero-order chi connectivity index (χ0) is 13.7. The molecular weight excluding hydrogens is 242 g/mol. The predicted octanol–water partition coefficient (Wildman–Crippen LogP) is 2.72. The highest BCUT2D eigenvalue weighted by molar-refractivity contribution is 5.80. The van der Waals surface area contributed by atoms with E-state index in [2.05, 4.69) is 5.32 Å². The van der Waals surface area contributed by atoms with Gasteiger partial charge in [-0.2, -0.15) is 0 Å². The number of nitrogens with one attached hydrogen (secondary N) is 1.